The summed E-state index contributed by atoms with van der Waals surface area (Å²) in [6.07, 6.45) is 1.53. The Balaban J connectivity index is 1.68. The molecule has 1 aliphatic rings. The van der Waals surface area contributed by atoms with E-state index in [9.17, 15) is 14.4 Å². The van der Waals surface area contributed by atoms with Gasteiger partial charge in [0.05, 0.1) is 0 Å². The molecule has 0 fully saturated rings. The third kappa shape index (κ3) is 4.72. The fraction of sp³-hybridized carbons (Fsp3) is 0.150. The molecule has 0 aliphatic heterocycles. The second kappa shape index (κ2) is 7.74. The SMILES string of the molecule is Nc1cccc(NC(=O)C2=CC(=O)CC(C(=O)Nc3cccc(N)c3)C2)c1. The van der Waals surface area contributed by atoms with Gasteiger partial charge in [0.15, 0.2) is 5.78 Å². The van der Waals surface area contributed by atoms with Gasteiger partial charge in [-0.2, -0.15) is 0 Å². The van der Waals surface area contributed by atoms with E-state index in [4.69, 9.17) is 11.5 Å². The summed E-state index contributed by atoms with van der Waals surface area (Å²) < 4.78 is 0. The molecule has 2 aromatic rings. The second-order valence-electron chi connectivity index (χ2n) is 6.44. The zero-order chi connectivity index (χ0) is 19.4. The van der Waals surface area contributed by atoms with Crippen LogP contribution in [0.5, 0.6) is 0 Å². The molecule has 0 radical (unpaired) electrons. The molecule has 1 unspecified atom stereocenters. The van der Waals surface area contributed by atoms with E-state index in [0.717, 1.165) is 0 Å². The second-order valence-corrected chi connectivity index (χ2v) is 6.44. The Morgan fingerprint density at radius 3 is 2.07 bits per heavy atom. The minimum atomic E-state index is -0.620. The quantitative estimate of drug-likeness (QED) is 0.619. The van der Waals surface area contributed by atoms with Crippen molar-refractivity contribution in [1.82, 2.24) is 0 Å². The Bertz CT molecular complexity index is 936. The number of amides is 2. The summed E-state index contributed by atoms with van der Waals surface area (Å²) in [5.41, 5.74) is 13.8. The maximum Gasteiger partial charge on any atom is 0.251 e. The number of nitrogen functional groups attached to an aromatic ring is 2. The standard InChI is InChI=1S/C20H20N4O3/c21-14-3-1-5-16(10-14)23-19(26)12-7-13(9-18(25)8-12)20(27)24-17-6-2-4-15(22)11-17/h1-6,8,10-11,13H,7,9,21-22H2,(H,23,26)(H,24,27). The van der Waals surface area contributed by atoms with Gasteiger partial charge in [0.1, 0.15) is 0 Å². The Kier molecular flexibility index (Phi) is 5.21. The van der Waals surface area contributed by atoms with Gasteiger partial charge in [0.2, 0.25) is 5.91 Å². The highest BCUT2D eigenvalue weighted by Crippen LogP contribution is 2.25. The van der Waals surface area contributed by atoms with E-state index >= 15 is 0 Å². The summed E-state index contributed by atoms with van der Waals surface area (Å²) in [6, 6.07) is 13.5. The van der Waals surface area contributed by atoms with Gasteiger partial charge in [0, 0.05) is 40.7 Å². The van der Waals surface area contributed by atoms with Crippen LogP contribution in [0.15, 0.2) is 60.2 Å². The number of carbonyl (C=O) groups is 3. The molecule has 0 saturated heterocycles. The Morgan fingerprint density at radius 1 is 0.889 bits per heavy atom. The monoisotopic (exact) mass is 364 g/mol. The maximum absolute atomic E-state index is 12.5. The number of benzene rings is 2. The van der Waals surface area contributed by atoms with Crippen LogP contribution in [0, 0.1) is 5.92 Å². The van der Waals surface area contributed by atoms with E-state index < -0.39 is 11.8 Å². The van der Waals surface area contributed by atoms with Gasteiger partial charge in [0.25, 0.3) is 5.91 Å². The van der Waals surface area contributed by atoms with E-state index in [0.29, 0.717) is 22.7 Å². The van der Waals surface area contributed by atoms with Crippen LogP contribution < -0.4 is 22.1 Å². The Labute approximate surface area is 156 Å². The molecule has 0 spiro atoms. The number of carbonyl (C=O) groups excluding carboxylic acids is 3. The molecule has 7 heteroatoms. The molecule has 2 aromatic carbocycles. The maximum atomic E-state index is 12.5. The normalized spacial score (nSPS) is 16.4. The van der Waals surface area contributed by atoms with Crippen molar-refractivity contribution in [2.75, 3.05) is 22.1 Å². The molecule has 0 saturated carbocycles. The summed E-state index contributed by atoms with van der Waals surface area (Å²) in [5.74, 6) is -1.62. The van der Waals surface area contributed by atoms with Gasteiger partial charge < -0.3 is 22.1 Å². The largest absolute Gasteiger partial charge is 0.399 e. The summed E-state index contributed by atoms with van der Waals surface area (Å²) in [6.45, 7) is 0. The fourth-order valence-corrected chi connectivity index (χ4v) is 2.92. The molecular formula is C20H20N4O3. The van der Waals surface area contributed by atoms with Crippen molar-refractivity contribution in [3.8, 4) is 0 Å². The van der Waals surface area contributed by atoms with E-state index in [-0.39, 0.29) is 30.1 Å². The molecule has 0 heterocycles. The topological polar surface area (TPSA) is 127 Å². The molecule has 138 valence electrons. The van der Waals surface area contributed by atoms with Crippen LogP contribution >= 0.6 is 0 Å². The smallest absolute Gasteiger partial charge is 0.251 e. The first-order valence-electron chi connectivity index (χ1n) is 8.47. The van der Waals surface area contributed by atoms with Crippen molar-refractivity contribution >= 4 is 40.3 Å². The molecule has 0 aromatic heterocycles. The highest BCUT2D eigenvalue weighted by Gasteiger charge is 2.29. The number of allylic oxidation sites excluding steroid dienone is 1. The summed E-state index contributed by atoms with van der Waals surface area (Å²) in [7, 11) is 0. The van der Waals surface area contributed by atoms with E-state index in [1.807, 2.05) is 0 Å². The van der Waals surface area contributed by atoms with Gasteiger partial charge in [-0.1, -0.05) is 12.1 Å². The van der Waals surface area contributed by atoms with Gasteiger partial charge in [-0.25, -0.2) is 0 Å². The molecule has 2 amide bonds. The number of nitrogens with two attached hydrogens (primary N) is 2. The van der Waals surface area contributed by atoms with E-state index in [1.165, 1.54) is 6.08 Å². The van der Waals surface area contributed by atoms with Crippen LogP contribution in [0.1, 0.15) is 12.8 Å². The first-order chi connectivity index (χ1) is 12.9. The Morgan fingerprint density at radius 2 is 1.48 bits per heavy atom. The molecule has 1 atom stereocenters. The van der Waals surface area contributed by atoms with Gasteiger partial charge in [-0.15, -0.1) is 0 Å². The summed E-state index contributed by atoms with van der Waals surface area (Å²) in [5, 5.41) is 5.45. The van der Waals surface area contributed by atoms with Crippen molar-refractivity contribution in [3.05, 3.63) is 60.2 Å². The predicted octanol–water partition coefficient (Wildman–Crippen LogP) is 2.33. The molecule has 27 heavy (non-hydrogen) atoms. The number of nitrogens with one attached hydrogen (secondary N) is 2. The summed E-state index contributed by atoms with van der Waals surface area (Å²) in [4.78, 5) is 37.0. The molecule has 6 N–H and O–H groups in total. The van der Waals surface area contributed by atoms with Crippen molar-refractivity contribution in [2.24, 2.45) is 5.92 Å². The lowest BCUT2D eigenvalue weighted by molar-refractivity contribution is -0.125. The minimum Gasteiger partial charge on any atom is -0.399 e. The van der Waals surface area contributed by atoms with Crippen molar-refractivity contribution in [1.29, 1.82) is 0 Å². The molecular weight excluding hydrogens is 344 g/mol. The lowest BCUT2D eigenvalue weighted by Crippen LogP contribution is -2.30. The van der Waals surface area contributed by atoms with Crippen LogP contribution in [0.25, 0.3) is 0 Å². The minimum absolute atomic E-state index is 0.0587. The average Bonchev–Trinajstić information content (AvgIpc) is 2.61. The summed E-state index contributed by atoms with van der Waals surface area (Å²) >= 11 is 0. The zero-order valence-corrected chi connectivity index (χ0v) is 14.6. The lowest BCUT2D eigenvalue weighted by atomic mass is 9.87. The number of hydrogen-bond acceptors (Lipinski definition) is 5. The van der Waals surface area contributed by atoms with Crippen molar-refractivity contribution < 1.29 is 14.4 Å². The number of anilines is 4. The van der Waals surface area contributed by atoms with Crippen molar-refractivity contribution in [2.45, 2.75) is 12.8 Å². The Hall–Kier alpha value is -3.61. The van der Waals surface area contributed by atoms with Gasteiger partial charge in [-0.3, -0.25) is 14.4 Å². The van der Waals surface area contributed by atoms with E-state index in [2.05, 4.69) is 10.6 Å². The first-order valence-corrected chi connectivity index (χ1v) is 8.47. The lowest BCUT2D eigenvalue weighted by Gasteiger charge is -2.21. The first kappa shape index (κ1) is 18.2. The third-order valence-corrected chi connectivity index (χ3v) is 4.21. The highest BCUT2D eigenvalue weighted by atomic mass is 16.2. The van der Waals surface area contributed by atoms with Crippen LogP contribution in [0.4, 0.5) is 22.7 Å². The third-order valence-electron chi connectivity index (χ3n) is 4.21. The molecule has 1 aliphatic carbocycles. The van der Waals surface area contributed by atoms with Crippen LogP contribution in [-0.4, -0.2) is 17.6 Å². The number of hydrogen-bond donors (Lipinski definition) is 4. The zero-order valence-electron chi connectivity index (χ0n) is 14.6. The molecule has 3 rings (SSSR count). The number of ketones is 1. The van der Waals surface area contributed by atoms with Crippen molar-refractivity contribution in [3.63, 3.8) is 0 Å². The molecule has 7 nitrogen and oxygen atoms in total. The van der Waals surface area contributed by atoms with Gasteiger partial charge in [-0.05, 0) is 48.9 Å². The average molecular weight is 364 g/mol. The van der Waals surface area contributed by atoms with Crippen LogP contribution in [0.3, 0.4) is 0 Å². The number of rotatable bonds is 4. The van der Waals surface area contributed by atoms with Crippen LogP contribution in [-0.2, 0) is 14.4 Å². The van der Waals surface area contributed by atoms with Gasteiger partial charge >= 0.3 is 0 Å². The fourth-order valence-electron chi connectivity index (χ4n) is 2.92. The highest BCUT2D eigenvalue weighted by molar-refractivity contribution is 6.11. The van der Waals surface area contributed by atoms with E-state index in [1.54, 1.807) is 48.5 Å². The molecule has 0 bridgehead atoms. The predicted molar refractivity (Wildman–Crippen MR) is 105 cm³/mol. The van der Waals surface area contributed by atoms with Crippen LogP contribution in [0.2, 0.25) is 0 Å².